The number of nitrogens with one attached hydrogen (secondary N) is 1. The molecular weight excluding hydrogens is 274 g/mol. The van der Waals surface area contributed by atoms with Gasteiger partial charge in [-0.3, -0.25) is 0 Å². The van der Waals surface area contributed by atoms with Gasteiger partial charge < -0.3 is 10.1 Å². The molecule has 1 fully saturated rings. The van der Waals surface area contributed by atoms with Crippen LogP contribution in [0, 0.1) is 5.41 Å². The van der Waals surface area contributed by atoms with Crippen LogP contribution in [-0.2, 0) is 9.53 Å². The number of carbonyl (C=O) groups excluding carboxylic acids is 1. The summed E-state index contributed by atoms with van der Waals surface area (Å²) in [7, 11) is 0. The monoisotopic (exact) mass is 295 g/mol. The first-order chi connectivity index (χ1) is 9.41. The van der Waals surface area contributed by atoms with Gasteiger partial charge in [-0.2, -0.15) is 0 Å². The van der Waals surface area contributed by atoms with Crippen LogP contribution >= 0.6 is 11.6 Å². The van der Waals surface area contributed by atoms with Gasteiger partial charge in [0.1, 0.15) is 5.54 Å². The molecule has 0 aromatic heterocycles. The maximum absolute atomic E-state index is 12.6. The summed E-state index contributed by atoms with van der Waals surface area (Å²) in [6.07, 6.45) is 2.80. The molecular formula is C16H22ClNO2. The molecule has 1 atom stereocenters. The molecule has 110 valence electrons. The second-order valence-electron chi connectivity index (χ2n) is 6.00. The van der Waals surface area contributed by atoms with Crippen LogP contribution in [0.25, 0.3) is 0 Å². The van der Waals surface area contributed by atoms with Gasteiger partial charge in [0.05, 0.1) is 6.61 Å². The van der Waals surface area contributed by atoms with Gasteiger partial charge >= 0.3 is 5.97 Å². The summed E-state index contributed by atoms with van der Waals surface area (Å²) >= 11 is 6.03. The molecule has 1 N–H and O–H groups in total. The minimum atomic E-state index is -0.673. The third-order valence-electron chi connectivity index (χ3n) is 4.32. The van der Waals surface area contributed by atoms with Crippen LogP contribution in [-0.4, -0.2) is 18.1 Å². The molecule has 0 radical (unpaired) electrons. The van der Waals surface area contributed by atoms with Gasteiger partial charge in [-0.25, -0.2) is 4.79 Å². The number of ether oxygens (including phenoxy) is 1. The highest BCUT2D eigenvalue weighted by atomic mass is 35.5. The second kappa shape index (κ2) is 5.65. The predicted molar refractivity (Wildman–Crippen MR) is 82.1 cm³/mol. The lowest BCUT2D eigenvalue weighted by Gasteiger charge is -2.40. The van der Waals surface area contributed by atoms with Crippen molar-refractivity contribution in [3.8, 4) is 0 Å². The molecule has 4 heteroatoms. The zero-order valence-electron chi connectivity index (χ0n) is 12.3. The van der Waals surface area contributed by atoms with Gasteiger partial charge in [-0.05, 0) is 49.8 Å². The molecule has 1 aromatic carbocycles. The van der Waals surface area contributed by atoms with E-state index in [2.05, 4.69) is 19.2 Å². The Morgan fingerprint density at radius 1 is 1.40 bits per heavy atom. The number of hydrogen-bond donors (Lipinski definition) is 1. The highest BCUT2D eigenvalue weighted by Crippen LogP contribution is 2.48. The van der Waals surface area contributed by atoms with E-state index >= 15 is 0 Å². The van der Waals surface area contributed by atoms with Gasteiger partial charge in [-0.1, -0.05) is 31.5 Å². The summed E-state index contributed by atoms with van der Waals surface area (Å²) in [5, 5.41) is 4.07. The van der Waals surface area contributed by atoms with Crippen molar-refractivity contribution in [2.45, 2.75) is 45.6 Å². The molecule has 20 heavy (non-hydrogen) atoms. The molecule has 0 spiro atoms. The van der Waals surface area contributed by atoms with E-state index in [4.69, 9.17) is 16.3 Å². The van der Waals surface area contributed by atoms with Crippen LogP contribution < -0.4 is 5.32 Å². The van der Waals surface area contributed by atoms with E-state index in [9.17, 15) is 4.79 Å². The first kappa shape index (κ1) is 15.2. The Morgan fingerprint density at radius 3 is 2.70 bits per heavy atom. The van der Waals surface area contributed by atoms with E-state index < -0.39 is 5.54 Å². The molecule has 2 rings (SSSR count). The third kappa shape index (κ3) is 2.64. The van der Waals surface area contributed by atoms with Crippen LogP contribution in [0.2, 0.25) is 5.02 Å². The van der Waals surface area contributed by atoms with Crippen molar-refractivity contribution in [1.82, 2.24) is 0 Å². The Labute approximate surface area is 125 Å². The first-order valence-electron chi connectivity index (χ1n) is 7.12. The topological polar surface area (TPSA) is 38.3 Å². The molecule has 1 aromatic rings. The lowest BCUT2D eigenvalue weighted by molar-refractivity contribution is -0.151. The van der Waals surface area contributed by atoms with Gasteiger partial charge in [0, 0.05) is 10.7 Å². The fourth-order valence-electron chi connectivity index (χ4n) is 3.08. The van der Waals surface area contributed by atoms with Crippen LogP contribution in [0.15, 0.2) is 24.3 Å². The quantitative estimate of drug-likeness (QED) is 0.843. The number of esters is 1. The normalized spacial score (nSPS) is 24.4. The van der Waals surface area contributed by atoms with E-state index in [0.29, 0.717) is 11.6 Å². The third-order valence-corrected chi connectivity index (χ3v) is 4.55. The lowest BCUT2D eigenvalue weighted by Crippen LogP contribution is -2.54. The lowest BCUT2D eigenvalue weighted by atomic mass is 9.74. The highest BCUT2D eigenvalue weighted by Gasteiger charge is 2.55. The molecule has 0 heterocycles. The van der Waals surface area contributed by atoms with Crippen LogP contribution in [0.1, 0.15) is 40.0 Å². The summed E-state index contributed by atoms with van der Waals surface area (Å²) < 4.78 is 5.33. The van der Waals surface area contributed by atoms with Gasteiger partial charge in [0.15, 0.2) is 0 Å². The summed E-state index contributed by atoms with van der Waals surface area (Å²) in [4.78, 5) is 12.6. The molecule has 0 amide bonds. The predicted octanol–water partition coefficient (Wildman–Crippen LogP) is 4.26. The summed E-state index contributed by atoms with van der Waals surface area (Å²) in [6.45, 7) is 6.48. The molecule has 0 aliphatic heterocycles. The van der Waals surface area contributed by atoms with Gasteiger partial charge in [0.2, 0.25) is 0 Å². The summed E-state index contributed by atoms with van der Waals surface area (Å²) in [6, 6.07) is 7.48. The number of carbonyl (C=O) groups is 1. The molecule has 1 aliphatic carbocycles. The van der Waals surface area contributed by atoms with Crippen molar-refractivity contribution in [3.05, 3.63) is 29.3 Å². The Kier molecular flexibility index (Phi) is 4.28. The molecule has 1 saturated carbocycles. The molecule has 1 unspecified atom stereocenters. The Morgan fingerprint density at radius 2 is 2.15 bits per heavy atom. The average Bonchev–Trinajstić information content (AvgIpc) is 2.66. The SMILES string of the molecule is CCOC(=O)C1(Nc2cccc(Cl)c2)CCCC1(C)C. The van der Waals surface area contributed by atoms with Crippen LogP contribution in [0.4, 0.5) is 5.69 Å². The number of anilines is 1. The fraction of sp³-hybridized carbons (Fsp3) is 0.562. The van der Waals surface area contributed by atoms with Crippen molar-refractivity contribution >= 4 is 23.3 Å². The van der Waals surface area contributed by atoms with Crippen molar-refractivity contribution < 1.29 is 9.53 Å². The fourth-order valence-corrected chi connectivity index (χ4v) is 3.27. The first-order valence-corrected chi connectivity index (χ1v) is 7.50. The molecule has 3 nitrogen and oxygen atoms in total. The Hall–Kier alpha value is -1.22. The number of rotatable bonds is 4. The van der Waals surface area contributed by atoms with E-state index in [1.165, 1.54) is 0 Å². The van der Waals surface area contributed by atoms with Gasteiger partial charge in [0.25, 0.3) is 0 Å². The minimum Gasteiger partial charge on any atom is -0.464 e. The van der Waals surface area contributed by atoms with Gasteiger partial charge in [-0.15, -0.1) is 0 Å². The average molecular weight is 296 g/mol. The second-order valence-corrected chi connectivity index (χ2v) is 6.44. The van der Waals surface area contributed by atoms with Crippen molar-refractivity contribution in [3.63, 3.8) is 0 Å². The largest absolute Gasteiger partial charge is 0.464 e. The van der Waals surface area contributed by atoms with E-state index in [1.807, 2.05) is 31.2 Å². The molecule has 1 aliphatic rings. The summed E-state index contributed by atoms with van der Waals surface area (Å²) in [5.41, 5.74) is 0.0375. The standard InChI is InChI=1S/C16H22ClNO2/c1-4-20-14(19)16(10-6-9-15(16,2)3)18-13-8-5-7-12(17)11-13/h5,7-8,11,18H,4,6,9-10H2,1-3H3. The summed E-state index contributed by atoms with van der Waals surface area (Å²) in [5.74, 6) is -0.164. The zero-order chi connectivity index (χ0) is 14.8. The maximum Gasteiger partial charge on any atom is 0.332 e. The molecule has 0 saturated heterocycles. The highest BCUT2D eigenvalue weighted by molar-refractivity contribution is 6.30. The number of halogens is 1. The number of benzene rings is 1. The maximum atomic E-state index is 12.6. The smallest absolute Gasteiger partial charge is 0.332 e. The van der Waals surface area contributed by atoms with Crippen molar-refractivity contribution in [1.29, 1.82) is 0 Å². The minimum absolute atomic E-state index is 0.151. The van der Waals surface area contributed by atoms with Crippen molar-refractivity contribution in [2.24, 2.45) is 5.41 Å². The zero-order valence-corrected chi connectivity index (χ0v) is 13.1. The Balaban J connectivity index is 2.35. The Bertz CT molecular complexity index is 501. The number of hydrogen-bond acceptors (Lipinski definition) is 3. The van der Waals surface area contributed by atoms with E-state index in [-0.39, 0.29) is 11.4 Å². The molecule has 0 bridgehead atoms. The van der Waals surface area contributed by atoms with Crippen molar-refractivity contribution in [2.75, 3.05) is 11.9 Å². The van der Waals surface area contributed by atoms with E-state index in [0.717, 1.165) is 24.9 Å². The van der Waals surface area contributed by atoms with Crippen LogP contribution in [0.5, 0.6) is 0 Å². The van der Waals surface area contributed by atoms with Crippen LogP contribution in [0.3, 0.4) is 0 Å². The van der Waals surface area contributed by atoms with E-state index in [1.54, 1.807) is 0 Å².